The molecular weight excluding hydrogens is 276 g/mol. The van der Waals surface area contributed by atoms with Crippen molar-refractivity contribution in [2.24, 2.45) is 0 Å². The SMILES string of the molecule is O=C([O-])c1ccc([N+](=O)[O-])cc1C(=O)NC1CCCCC1. The molecule has 0 spiro atoms. The van der Waals surface area contributed by atoms with E-state index in [0.29, 0.717) is 0 Å². The summed E-state index contributed by atoms with van der Waals surface area (Å²) in [4.78, 5) is 33.3. The number of nitrogens with zero attached hydrogens (tertiary/aromatic N) is 1. The van der Waals surface area contributed by atoms with E-state index in [1.165, 1.54) is 0 Å². The van der Waals surface area contributed by atoms with Gasteiger partial charge in [0.15, 0.2) is 0 Å². The highest BCUT2D eigenvalue weighted by Gasteiger charge is 2.21. The second-order valence-electron chi connectivity index (χ2n) is 5.08. The largest absolute Gasteiger partial charge is 0.545 e. The number of non-ortho nitro benzene ring substituents is 1. The molecule has 112 valence electrons. The maximum atomic E-state index is 12.2. The average molecular weight is 291 g/mol. The lowest BCUT2D eigenvalue weighted by atomic mass is 9.95. The molecule has 0 unspecified atom stereocenters. The molecule has 1 aromatic rings. The van der Waals surface area contributed by atoms with E-state index in [4.69, 9.17) is 0 Å². The van der Waals surface area contributed by atoms with Crippen LogP contribution in [-0.4, -0.2) is 22.8 Å². The standard InChI is InChI=1S/C14H16N2O5/c17-13(15-9-4-2-1-3-5-9)12-8-10(16(20)21)6-7-11(12)14(18)19/h6-9H,1-5H2,(H,15,17)(H,18,19)/p-1. The van der Waals surface area contributed by atoms with Gasteiger partial charge in [0.1, 0.15) is 0 Å². The molecule has 1 aliphatic carbocycles. The Hall–Kier alpha value is -2.44. The van der Waals surface area contributed by atoms with E-state index >= 15 is 0 Å². The quantitative estimate of drug-likeness (QED) is 0.657. The fourth-order valence-corrected chi connectivity index (χ4v) is 2.52. The smallest absolute Gasteiger partial charge is 0.270 e. The van der Waals surface area contributed by atoms with Gasteiger partial charge in [-0.1, -0.05) is 19.3 Å². The average Bonchev–Trinajstić information content (AvgIpc) is 2.47. The Kier molecular flexibility index (Phi) is 4.52. The van der Waals surface area contributed by atoms with E-state index in [2.05, 4.69) is 5.32 Å². The third kappa shape index (κ3) is 3.56. The first-order valence-corrected chi connectivity index (χ1v) is 6.79. The van der Waals surface area contributed by atoms with Crippen LogP contribution in [0, 0.1) is 10.1 Å². The zero-order valence-corrected chi connectivity index (χ0v) is 11.3. The molecule has 1 saturated carbocycles. The topological polar surface area (TPSA) is 112 Å². The Bertz CT molecular complexity index is 579. The van der Waals surface area contributed by atoms with Gasteiger partial charge in [-0.15, -0.1) is 0 Å². The van der Waals surface area contributed by atoms with E-state index < -0.39 is 16.8 Å². The molecule has 0 aromatic heterocycles. The summed E-state index contributed by atoms with van der Waals surface area (Å²) in [5, 5.41) is 24.5. The number of carboxylic acid groups (broad SMARTS) is 1. The molecule has 0 aliphatic heterocycles. The Morgan fingerprint density at radius 2 is 1.81 bits per heavy atom. The highest BCUT2D eigenvalue weighted by molar-refractivity contribution is 6.04. The van der Waals surface area contributed by atoms with Crippen LogP contribution in [-0.2, 0) is 0 Å². The third-order valence-corrected chi connectivity index (χ3v) is 3.62. The second-order valence-corrected chi connectivity index (χ2v) is 5.08. The number of carbonyl (C=O) groups excluding carboxylic acids is 2. The highest BCUT2D eigenvalue weighted by atomic mass is 16.6. The molecular formula is C14H15N2O5-. The maximum Gasteiger partial charge on any atom is 0.270 e. The summed E-state index contributed by atoms with van der Waals surface area (Å²) in [6, 6.07) is 3.04. The van der Waals surface area contributed by atoms with Crippen LogP contribution in [0.15, 0.2) is 18.2 Å². The minimum atomic E-state index is -1.53. The van der Waals surface area contributed by atoms with Crippen LogP contribution in [0.2, 0.25) is 0 Å². The minimum Gasteiger partial charge on any atom is -0.545 e. The minimum absolute atomic E-state index is 0.0138. The van der Waals surface area contributed by atoms with Gasteiger partial charge in [-0.25, -0.2) is 0 Å². The fourth-order valence-electron chi connectivity index (χ4n) is 2.52. The number of carbonyl (C=O) groups is 2. The van der Waals surface area contributed by atoms with Crippen LogP contribution >= 0.6 is 0 Å². The molecule has 0 bridgehead atoms. The number of amides is 1. The Morgan fingerprint density at radius 1 is 1.14 bits per heavy atom. The van der Waals surface area contributed by atoms with Gasteiger partial charge in [0.25, 0.3) is 11.6 Å². The molecule has 7 nitrogen and oxygen atoms in total. The number of benzene rings is 1. The van der Waals surface area contributed by atoms with Crippen molar-refractivity contribution in [3.63, 3.8) is 0 Å². The molecule has 1 N–H and O–H groups in total. The van der Waals surface area contributed by atoms with Gasteiger partial charge >= 0.3 is 0 Å². The molecule has 1 amide bonds. The molecule has 0 radical (unpaired) electrons. The van der Waals surface area contributed by atoms with Gasteiger partial charge in [0.05, 0.1) is 16.5 Å². The van der Waals surface area contributed by atoms with Gasteiger partial charge in [-0.3, -0.25) is 14.9 Å². The Labute approximate surface area is 121 Å². The molecule has 0 heterocycles. The zero-order chi connectivity index (χ0) is 15.4. The van der Waals surface area contributed by atoms with E-state index in [1.807, 2.05) is 0 Å². The number of hydrogen-bond donors (Lipinski definition) is 1. The van der Waals surface area contributed by atoms with Crippen molar-refractivity contribution in [1.29, 1.82) is 0 Å². The predicted molar refractivity (Wildman–Crippen MR) is 71.8 cm³/mol. The van der Waals surface area contributed by atoms with E-state index in [1.54, 1.807) is 0 Å². The third-order valence-electron chi connectivity index (χ3n) is 3.62. The van der Waals surface area contributed by atoms with E-state index in [9.17, 15) is 24.8 Å². The number of aromatic carboxylic acids is 1. The number of nitro groups is 1. The highest BCUT2D eigenvalue weighted by Crippen LogP contribution is 2.20. The van der Waals surface area contributed by atoms with Crippen molar-refractivity contribution in [3.8, 4) is 0 Å². The van der Waals surface area contributed by atoms with Crippen molar-refractivity contribution in [2.75, 3.05) is 0 Å². The lowest BCUT2D eigenvalue weighted by Crippen LogP contribution is -2.37. The van der Waals surface area contributed by atoms with Crippen LogP contribution in [0.3, 0.4) is 0 Å². The summed E-state index contributed by atoms with van der Waals surface area (Å²) < 4.78 is 0. The summed E-state index contributed by atoms with van der Waals surface area (Å²) >= 11 is 0. The number of rotatable bonds is 4. The molecule has 21 heavy (non-hydrogen) atoms. The number of hydrogen-bond acceptors (Lipinski definition) is 5. The molecule has 7 heteroatoms. The molecule has 1 fully saturated rings. The van der Waals surface area contributed by atoms with Crippen molar-refractivity contribution < 1.29 is 19.6 Å². The number of nitrogens with one attached hydrogen (secondary N) is 1. The van der Waals surface area contributed by atoms with Gasteiger partial charge in [-0.2, -0.15) is 0 Å². The van der Waals surface area contributed by atoms with Gasteiger partial charge in [-0.05, 0) is 18.9 Å². The van der Waals surface area contributed by atoms with E-state index in [0.717, 1.165) is 50.3 Å². The lowest BCUT2D eigenvalue weighted by Gasteiger charge is -2.23. The summed E-state index contributed by atoms with van der Waals surface area (Å²) in [6.07, 6.45) is 4.80. The summed E-state index contributed by atoms with van der Waals surface area (Å²) in [5.74, 6) is -2.14. The number of carboxylic acids is 1. The first kappa shape index (κ1) is 15.0. The second kappa shape index (κ2) is 6.34. The maximum absolute atomic E-state index is 12.2. The molecule has 1 aromatic carbocycles. The predicted octanol–water partition coefficient (Wildman–Crippen LogP) is 1.02. The first-order valence-electron chi connectivity index (χ1n) is 6.79. The van der Waals surface area contributed by atoms with Crippen molar-refractivity contribution in [1.82, 2.24) is 5.32 Å². The van der Waals surface area contributed by atoms with Crippen LogP contribution < -0.4 is 10.4 Å². The molecule has 0 atom stereocenters. The van der Waals surface area contributed by atoms with Crippen LogP contribution in [0.5, 0.6) is 0 Å². The van der Waals surface area contributed by atoms with E-state index in [-0.39, 0.29) is 22.9 Å². The zero-order valence-electron chi connectivity index (χ0n) is 11.3. The van der Waals surface area contributed by atoms with Crippen LogP contribution in [0.25, 0.3) is 0 Å². The number of nitro benzene ring substituents is 1. The summed E-state index contributed by atoms with van der Waals surface area (Å²) in [6.45, 7) is 0. The lowest BCUT2D eigenvalue weighted by molar-refractivity contribution is -0.384. The molecule has 2 rings (SSSR count). The van der Waals surface area contributed by atoms with Crippen LogP contribution in [0.4, 0.5) is 5.69 Å². The van der Waals surface area contributed by atoms with Crippen molar-refractivity contribution >= 4 is 17.6 Å². The normalized spacial score (nSPS) is 15.4. The van der Waals surface area contributed by atoms with Crippen molar-refractivity contribution in [2.45, 2.75) is 38.1 Å². The molecule has 1 aliphatic rings. The molecule has 0 saturated heterocycles. The Balaban J connectivity index is 2.26. The Morgan fingerprint density at radius 3 is 2.38 bits per heavy atom. The van der Waals surface area contributed by atoms with Crippen molar-refractivity contribution in [3.05, 3.63) is 39.4 Å². The van der Waals surface area contributed by atoms with Gasteiger partial charge in [0, 0.05) is 23.7 Å². The summed E-state index contributed by atoms with van der Waals surface area (Å²) in [7, 11) is 0. The summed E-state index contributed by atoms with van der Waals surface area (Å²) in [5.41, 5.74) is -0.891. The van der Waals surface area contributed by atoms with Crippen LogP contribution in [0.1, 0.15) is 52.8 Å². The monoisotopic (exact) mass is 291 g/mol. The first-order chi connectivity index (χ1) is 9.99. The van der Waals surface area contributed by atoms with Gasteiger partial charge < -0.3 is 15.2 Å². The van der Waals surface area contributed by atoms with Gasteiger partial charge in [0.2, 0.25) is 0 Å². The fraction of sp³-hybridized carbons (Fsp3) is 0.429.